The molecule has 5 nitrogen and oxygen atoms in total. The van der Waals surface area contributed by atoms with E-state index in [9.17, 15) is 0 Å². The minimum Gasteiger partial charge on any atom is -0.467 e. The second-order valence-electron chi connectivity index (χ2n) is 3.87. The number of anilines is 1. The van der Waals surface area contributed by atoms with Gasteiger partial charge < -0.3 is 14.2 Å². The van der Waals surface area contributed by atoms with Gasteiger partial charge in [0.05, 0.1) is 19.1 Å². The highest BCUT2D eigenvalue weighted by atomic mass is 35.5. The number of fused-ring (bicyclic) bond motifs is 1. The van der Waals surface area contributed by atoms with Crippen LogP contribution >= 0.6 is 11.6 Å². The summed E-state index contributed by atoms with van der Waals surface area (Å²) in [7, 11) is 0. The molecule has 0 fully saturated rings. The van der Waals surface area contributed by atoms with Crippen LogP contribution < -0.4 is 5.32 Å². The molecule has 0 aromatic carbocycles. The van der Waals surface area contributed by atoms with E-state index in [1.165, 1.54) is 0 Å². The fraction of sp³-hybridized carbons (Fsp3) is 0.167. The van der Waals surface area contributed by atoms with E-state index in [0.29, 0.717) is 17.9 Å². The van der Waals surface area contributed by atoms with E-state index in [-0.39, 0.29) is 5.28 Å². The zero-order valence-electron chi connectivity index (χ0n) is 9.61. The molecule has 6 heteroatoms. The highest BCUT2D eigenvalue weighted by molar-refractivity contribution is 6.28. The number of aromatic nitrogens is 2. The first-order valence-electron chi connectivity index (χ1n) is 5.41. The van der Waals surface area contributed by atoms with Crippen LogP contribution in [-0.2, 0) is 6.54 Å². The Morgan fingerprint density at radius 3 is 3.00 bits per heavy atom. The number of aryl methyl sites for hydroxylation is 1. The van der Waals surface area contributed by atoms with Crippen LogP contribution in [0.2, 0.25) is 5.28 Å². The molecule has 0 amide bonds. The summed E-state index contributed by atoms with van der Waals surface area (Å²) in [5.74, 6) is 1.37. The molecular weight excluding hydrogens is 254 g/mol. The Hall–Kier alpha value is -2.01. The Morgan fingerprint density at radius 1 is 1.33 bits per heavy atom. The number of nitrogens with one attached hydrogen (secondary N) is 1. The second-order valence-corrected chi connectivity index (χ2v) is 4.21. The number of nitrogens with zero attached hydrogens (tertiary/aromatic N) is 2. The Bertz CT molecular complexity index is 676. The molecule has 0 unspecified atom stereocenters. The molecule has 0 atom stereocenters. The first-order valence-corrected chi connectivity index (χ1v) is 5.79. The number of hydrogen-bond acceptors (Lipinski definition) is 5. The van der Waals surface area contributed by atoms with E-state index < -0.39 is 0 Å². The summed E-state index contributed by atoms with van der Waals surface area (Å²) in [6.07, 6.45) is 3.25. The summed E-state index contributed by atoms with van der Waals surface area (Å²) in [6.45, 7) is 2.42. The fourth-order valence-electron chi connectivity index (χ4n) is 1.71. The van der Waals surface area contributed by atoms with E-state index in [2.05, 4.69) is 15.3 Å². The Morgan fingerprint density at radius 2 is 2.22 bits per heavy atom. The molecule has 0 bridgehead atoms. The summed E-state index contributed by atoms with van der Waals surface area (Å²) in [6, 6.07) is 3.71. The van der Waals surface area contributed by atoms with Crippen LogP contribution in [0.4, 0.5) is 5.82 Å². The molecule has 3 rings (SSSR count). The predicted octanol–water partition coefficient (Wildman–Crippen LogP) is 3.39. The topological polar surface area (TPSA) is 64.1 Å². The van der Waals surface area contributed by atoms with Gasteiger partial charge in [-0.15, -0.1) is 0 Å². The van der Waals surface area contributed by atoms with Crippen LogP contribution in [0.15, 0.2) is 33.5 Å². The van der Waals surface area contributed by atoms with Crippen molar-refractivity contribution in [1.29, 1.82) is 0 Å². The van der Waals surface area contributed by atoms with Crippen LogP contribution in [0, 0.1) is 6.92 Å². The molecule has 3 heterocycles. The van der Waals surface area contributed by atoms with Gasteiger partial charge in [-0.25, -0.2) is 4.98 Å². The molecule has 0 aliphatic carbocycles. The van der Waals surface area contributed by atoms with Crippen molar-refractivity contribution in [3.63, 3.8) is 0 Å². The number of hydrogen-bond donors (Lipinski definition) is 1. The van der Waals surface area contributed by atoms with E-state index >= 15 is 0 Å². The molecule has 0 aliphatic rings. The standard InChI is InChI=1S/C12H10ClN3O2/c1-7-6-18-10-9(7)15-12(13)16-11(10)14-5-8-3-2-4-17-8/h2-4,6H,5H2,1H3,(H,14,15,16). The minimum atomic E-state index is 0.189. The average molecular weight is 264 g/mol. The monoisotopic (exact) mass is 263 g/mol. The highest BCUT2D eigenvalue weighted by Crippen LogP contribution is 2.26. The zero-order valence-corrected chi connectivity index (χ0v) is 10.4. The third-order valence-electron chi connectivity index (χ3n) is 2.58. The summed E-state index contributed by atoms with van der Waals surface area (Å²) >= 11 is 5.89. The zero-order chi connectivity index (χ0) is 12.5. The molecule has 0 aliphatic heterocycles. The maximum Gasteiger partial charge on any atom is 0.225 e. The summed E-state index contributed by atoms with van der Waals surface area (Å²) in [5.41, 5.74) is 2.25. The van der Waals surface area contributed by atoms with Gasteiger partial charge in [0, 0.05) is 5.56 Å². The van der Waals surface area contributed by atoms with Gasteiger partial charge >= 0.3 is 0 Å². The quantitative estimate of drug-likeness (QED) is 0.734. The first kappa shape index (κ1) is 11.1. The highest BCUT2D eigenvalue weighted by Gasteiger charge is 2.12. The van der Waals surface area contributed by atoms with E-state index in [0.717, 1.165) is 16.8 Å². The van der Waals surface area contributed by atoms with Gasteiger partial charge in [-0.2, -0.15) is 4.98 Å². The van der Waals surface area contributed by atoms with Gasteiger partial charge in [0.25, 0.3) is 0 Å². The lowest BCUT2D eigenvalue weighted by Crippen LogP contribution is -2.01. The molecule has 0 saturated heterocycles. The van der Waals surface area contributed by atoms with Crippen LogP contribution in [0.25, 0.3) is 11.1 Å². The average Bonchev–Trinajstić information content (AvgIpc) is 2.97. The van der Waals surface area contributed by atoms with Crippen LogP contribution in [-0.4, -0.2) is 9.97 Å². The van der Waals surface area contributed by atoms with Crippen molar-refractivity contribution >= 4 is 28.5 Å². The molecule has 0 saturated carbocycles. The van der Waals surface area contributed by atoms with Gasteiger partial charge in [0.15, 0.2) is 11.4 Å². The molecule has 1 N–H and O–H groups in total. The third-order valence-corrected chi connectivity index (χ3v) is 2.74. The van der Waals surface area contributed by atoms with Gasteiger partial charge in [-0.3, -0.25) is 0 Å². The molecule has 3 aromatic rings. The lowest BCUT2D eigenvalue weighted by molar-refractivity contribution is 0.517. The fourth-order valence-corrected chi connectivity index (χ4v) is 1.88. The maximum absolute atomic E-state index is 5.89. The minimum absolute atomic E-state index is 0.189. The molecule has 92 valence electrons. The van der Waals surface area contributed by atoms with Gasteiger partial charge in [-0.1, -0.05) is 0 Å². The normalized spacial score (nSPS) is 11.0. The van der Waals surface area contributed by atoms with Crippen molar-refractivity contribution in [2.45, 2.75) is 13.5 Å². The molecule has 3 aromatic heterocycles. The van der Waals surface area contributed by atoms with Gasteiger partial charge in [0.2, 0.25) is 5.28 Å². The summed E-state index contributed by atoms with van der Waals surface area (Å²) in [5, 5.41) is 3.31. The van der Waals surface area contributed by atoms with Gasteiger partial charge in [-0.05, 0) is 30.7 Å². The SMILES string of the molecule is Cc1coc2c(NCc3ccco3)nc(Cl)nc12. The Labute approximate surface area is 108 Å². The molecular formula is C12H10ClN3O2. The van der Waals surface area contributed by atoms with E-state index in [1.54, 1.807) is 12.5 Å². The van der Waals surface area contributed by atoms with Crippen molar-refractivity contribution in [3.05, 3.63) is 41.3 Å². The smallest absolute Gasteiger partial charge is 0.225 e. The van der Waals surface area contributed by atoms with Gasteiger partial charge in [0.1, 0.15) is 11.3 Å². The van der Waals surface area contributed by atoms with Crippen LogP contribution in [0.1, 0.15) is 11.3 Å². The number of halogens is 1. The van der Waals surface area contributed by atoms with Crippen molar-refractivity contribution in [2.24, 2.45) is 0 Å². The van der Waals surface area contributed by atoms with Crippen molar-refractivity contribution in [3.8, 4) is 0 Å². The number of furan rings is 2. The third kappa shape index (κ3) is 1.93. The number of rotatable bonds is 3. The summed E-state index contributed by atoms with van der Waals surface area (Å²) in [4.78, 5) is 8.26. The second kappa shape index (κ2) is 4.34. The summed E-state index contributed by atoms with van der Waals surface area (Å²) < 4.78 is 10.7. The molecule has 0 spiro atoms. The first-order chi connectivity index (χ1) is 8.74. The lowest BCUT2D eigenvalue weighted by atomic mass is 10.3. The van der Waals surface area contributed by atoms with Crippen molar-refractivity contribution < 1.29 is 8.83 Å². The largest absolute Gasteiger partial charge is 0.467 e. The Kier molecular flexibility index (Phi) is 2.68. The van der Waals surface area contributed by atoms with Crippen molar-refractivity contribution in [2.75, 3.05) is 5.32 Å². The maximum atomic E-state index is 5.89. The Balaban J connectivity index is 1.95. The molecule has 18 heavy (non-hydrogen) atoms. The van der Waals surface area contributed by atoms with Crippen LogP contribution in [0.5, 0.6) is 0 Å². The van der Waals surface area contributed by atoms with Crippen molar-refractivity contribution in [1.82, 2.24) is 9.97 Å². The lowest BCUT2D eigenvalue weighted by Gasteiger charge is -2.04. The van der Waals surface area contributed by atoms with E-state index in [4.69, 9.17) is 20.4 Å². The van der Waals surface area contributed by atoms with Crippen LogP contribution in [0.3, 0.4) is 0 Å². The van der Waals surface area contributed by atoms with E-state index in [1.807, 2.05) is 19.1 Å². The predicted molar refractivity (Wildman–Crippen MR) is 67.6 cm³/mol. The molecule has 0 radical (unpaired) electrons.